The van der Waals surface area contributed by atoms with Crippen molar-refractivity contribution in [1.29, 1.82) is 0 Å². The molecule has 0 bridgehead atoms. The highest BCUT2D eigenvalue weighted by atomic mass is 32.1. The Bertz CT molecular complexity index is 444. The molecule has 0 aliphatic heterocycles. The van der Waals surface area contributed by atoms with E-state index < -0.39 is 0 Å². The minimum Gasteiger partial charge on any atom is -0.389 e. The van der Waals surface area contributed by atoms with Crippen LogP contribution in [0.15, 0.2) is 18.2 Å². The molecule has 0 spiro atoms. The lowest BCUT2D eigenvalue weighted by molar-refractivity contribution is -0.0379. The fourth-order valence-electron chi connectivity index (χ4n) is 1.41. The first kappa shape index (κ1) is 16.0. The van der Waals surface area contributed by atoms with Crippen molar-refractivity contribution < 1.29 is 13.9 Å². The summed E-state index contributed by atoms with van der Waals surface area (Å²) >= 11 is 4.79. The Morgan fingerprint density at radius 1 is 1.32 bits per heavy atom. The van der Waals surface area contributed by atoms with E-state index in [1.165, 1.54) is 6.07 Å². The van der Waals surface area contributed by atoms with Gasteiger partial charge in [0.05, 0.1) is 25.4 Å². The smallest absolute Gasteiger partial charge is 0.129 e. The lowest BCUT2D eigenvalue weighted by Gasteiger charge is -2.19. The molecular weight excluding hydrogens is 265 g/mol. The third kappa shape index (κ3) is 6.09. The molecule has 19 heavy (non-hydrogen) atoms. The molecule has 0 radical (unpaired) electrons. The average Bonchev–Trinajstić information content (AvgIpc) is 2.28. The van der Waals surface area contributed by atoms with Gasteiger partial charge in [-0.2, -0.15) is 0 Å². The lowest BCUT2D eigenvalue weighted by Crippen LogP contribution is -2.21. The zero-order valence-corrected chi connectivity index (χ0v) is 12.3. The quantitative estimate of drug-likeness (QED) is 0.645. The fraction of sp³-hybridized carbons (Fsp3) is 0.500. The molecule has 1 aromatic carbocycles. The van der Waals surface area contributed by atoms with Gasteiger partial charge in [-0.05, 0) is 26.8 Å². The Kier molecular flexibility index (Phi) is 5.85. The number of halogens is 1. The van der Waals surface area contributed by atoms with Crippen LogP contribution in [0.2, 0.25) is 0 Å². The van der Waals surface area contributed by atoms with Gasteiger partial charge in [-0.25, -0.2) is 4.39 Å². The van der Waals surface area contributed by atoms with E-state index in [9.17, 15) is 4.39 Å². The maximum Gasteiger partial charge on any atom is 0.129 e. The Labute approximate surface area is 118 Å². The highest BCUT2D eigenvalue weighted by molar-refractivity contribution is 7.80. The maximum absolute atomic E-state index is 13.7. The molecule has 0 atom stereocenters. The zero-order chi connectivity index (χ0) is 14.5. The van der Waals surface area contributed by atoms with E-state index in [2.05, 4.69) is 0 Å². The van der Waals surface area contributed by atoms with Gasteiger partial charge in [-0.3, -0.25) is 0 Å². The Hall–Kier alpha value is -1.04. The van der Waals surface area contributed by atoms with E-state index in [0.717, 1.165) is 0 Å². The third-order valence-electron chi connectivity index (χ3n) is 2.36. The lowest BCUT2D eigenvalue weighted by atomic mass is 10.1. The first-order valence-corrected chi connectivity index (χ1v) is 6.50. The number of ether oxygens (including phenoxy) is 2. The van der Waals surface area contributed by atoms with Crippen LogP contribution >= 0.6 is 12.2 Å². The molecule has 0 amide bonds. The predicted octanol–water partition coefficient (Wildman–Crippen LogP) is 2.79. The van der Waals surface area contributed by atoms with Crippen LogP contribution in [-0.4, -0.2) is 23.8 Å². The highest BCUT2D eigenvalue weighted by Gasteiger charge is 2.09. The van der Waals surface area contributed by atoms with Gasteiger partial charge < -0.3 is 15.2 Å². The van der Waals surface area contributed by atoms with E-state index in [0.29, 0.717) is 24.3 Å². The van der Waals surface area contributed by atoms with E-state index in [1.54, 1.807) is 12.1 Å². The molecule has 0 heterocycles. The number of rotatable bonds is 6. The van der Waals surface area contributed by atoms with Crippen LogP contribution < -0.4 is 5.73 Å². The van der Waals surface area contributed by atoms with Crippen LogP contribution in [-0.2, 0) is 16.1 Å². The van der Waals surface area contributed by atoms with Crippen molar-refractivity contribution in [3.05, 3.63) is 35.1 Å². The fourth-order valence-corrected chi connectivity index (χ4v) is 1.53. The average molecular weight is 285 g/mol. The van der Waals surface area contributed by atoms with Gasteiger partial charge in [0, 0.05) is 11.1 Å². The van der Waals surface area contributed by atoms with Crippen LogP contribution in [0.1, 0.15) is 31.9 Å². The van der Waals surface area contributed by atoms with Gasteiger partial charge in [-0.1, -0.05) is 24.4 Å². The number of thiocarbonyl (C=S) groups is 1. The number of benzene rings is 1. The van der Waals surface area contributed by atoms with Gasteiger partial charge in [0.25, 0.3) is 0 Å². The van der Waals surface area contributed by atoms with Crippen molar-refractivity contribution in [1.82, 2.24) is 0 Å². The highest BCUT2D eigenvalue weighted by Crippen LogP contribution is 2.12. The van der Waals surface area contributed by atoms with Crippen LogP contribution in [0.3, 0.4) is 0 Å². The van der Waals surface area contributed by atoms with Crippen LogP contribution in [0, 0.1) is 5.82 Å². The molecule has 0 unspecified atom stereocenters. The van der Waals surface area contributed by atoms with Gasteiger partial charge in [0.2, 0.25) is 0 Å². The summed E-state index contributed by atoms with van der Waals surface area (Å²) < 4.78 is 24.5. The Morgan fingerprint density at radius 2 is 2.00 bits per heavy atom. The molecule has 1 aromatic rings. The summed E-state index contributed by atoms with van der Waals surface area (Å²) in [6.07, 6.45) is 0. The van der Waals surface area contributed by atoms with Crippen LogP contribution in [0.4, 0.5) is 4.39 Å². The van der Waals surface area contributed by atoms with Crippen LogP contribution in [0.5, 0.6) is 0 Å². The molecule has 0 fully saturated rings. The van der Waals surface area contributed by atoms with Crippen molar-refractivity contribution in [2.45, 2.75) is 33.0 Å². The predicted molar refractivity (Wildman–Crippen MR) is 77.6 cm³/mol. The summed E-state index contributed by atoms with van der Waals surface area (Å²) in [7, 11) is 0. The van der Waals surface area contributed by atoms with Crippen molar-refractivity contribution in [3.8, 4) is 0 Å². The maximum atomic E-state index is 13.7. The summed E-state index contributed by atoms with van der Waals surface area (Å²) in [6, 6.07) is 4.65. The topological polar surface area (TPSA) is 44.5 Å². The van der Waals surface area contributed by atoms with E-state index in [-0.39, 0.29) is 23.0 Å². The molecular formula is C14H20FNO2S. The standard InChI is InChI=1S/C14H20FNO2S/c1-14(2,3)18-7-6-17-9-11-5-4-10(13(16)19)8-12(11)15/h4-5,8H,6-7,9H2,1-3H3,(H2,16,19). The number of hydrogen-bond acceptors (Lipinski definition) is 3. The van der Waals surface area contributed by atoms with Gasteiger partial charge in [0.1, 0.15) is 10.8 Å². The number of nitrogens with two attached hydrogens (primary N) is 1. The summed E-state index contributed by atoms with van der Waals surface area (Å²) in [6.45, 7) is 7.03. The second kappa shape index (κ2) is 6.93. The van der Waals surface area contributed by atoms with E-state index in [4.69, 9.17) is 27.4 Å². The molecule has 0 aromatic heterocycles. The molecule has 0 aliphatic carbocycles. The summed E-state index contributed by atoms with van der Waals surface area (Å²) in [4.78, 5) is 0.185. The largest absolute Gasteiger partial charge is 0.389 e. The van der Waals surface area contributed by atoms with Crippen molar-refractivity contribution in [2.24, 2.45) is 5.73 Å². The molecule has 0 aliphatic rings. The van der Waals surface area contributed by atoms with Gasteiger partial charge in [-0.15, -0.1) is 0 Å². The van der Waals surface area contributed by atoms with Crippen molar-refractivity contribution in [2.75, 3.05) is 13.2 Å². The Balaban J connectivity index is 2.40. The second-order valence-corrected chi connectivity index (χ2v) is 5.62. The summed E-state index contributed by atoms with van der Waals surface area (Å²) in [5.41, 5.74) is 6.25. The van der Waals surface area contributed by atoms with E-state index >= 15 is 0 Å². The molecule has 5 heteroatoms. The molecule has 2 N–H and O–H groups in total. The monoisotopic (exact) mass is 285 g/mol. The zero-order valence-electron chi connectivity index (χ0n) is 11.5. The van der Waals surface area contributed by atoms with Crippen LogP contribution in [0.25, 0.3) is 0 Å². The minimum absolute atomic E-state index is 0.185. The number of hydrogen-bond donors (Lipinski definition) is 1. The Morgan fingerprint density at radius 3 is 2.53 bits per heavy atom. The summed E-state index contributed by atoms with van der Waals surface area (Å²) in [5, 5.41) is 0. The molecule has 3 nitrogen and oxygen atoms in total. The van der Waals surface area contributed by atoms with E-state index in [1.807, 2.05) is 20.8 Å². The molecule has 1 rings (SSSR count). The minimum atomic E-state index is -0.359. The summed E-state index contributed by atoms with van der Waals surface area (Å²) in [5.74, 6) is -0.359. The first-order chi connectivity index (χ1) is 8.79. The first-order valence-electron chi connectivity index (χ1n) is 6.09. The second-order valence-electron chi connectivity index (χ2n) is 5.18. The van der Waals surface area contributed by atoms with Crippen molar-refractivity contribution in [3.63, 3.8) is 0 Å². The molecule has 0 saturated heterocycles. The normalized spacial score (nSPS) is 11.6. The SMILES string of the molecule is CC(C)(C)OCCOCc1ccc(C(N)=S)cc1F. The molecule has 0 saturated carbocycles. The van der Waals surface area contributed by atoms with Crippen molar-refractivity contribution >= 4 is 17.2 Å². The van der Waals surface area contributed by atoms with Gasteiger partial charge in [0.15, 0.2) is 0 Å². The molecule has 106 valence electrons. The third-order valence-corrected chi connectivity index (χ3v) is 2.59. The van der Waals surface area contributed by atoms with Gasteiger partial charge >= 0.3 is 0 Å².